The smallest absolute Gasteiger partial charge is 0.239 e. The molecule has 7 nitrogen and oxygen atoms in total. The Morgan fingerprint density at radius 3 is 2.38 bits per heavy atom. The van der Waals surface area contributed by atoms with E-state index < -0.39 is 0 Å². The van der Waals surface area contributed by atoms with Crippen LogP contribution in [0.2, 0.25) is 0 Å². The average Bonchev–Trinajstić information content (AvgIpc) is 3.32. The van der Waals surface area contributed by atoms with Gasteiger partial charge in [0.05, 0.1) is 6.04 Å². The van der Waals surface area contributed by atoms with Crippen LogP contribution in [0, 0.1) is 5.92 Å². The summed E-state index contributed by atoms with van der Waals surface area (Å²) in [6, 6.07) is -0.00252. The monoisotopic (exact) mass is 562 g/mol. The molecule has 1 N–H and O–H groups in total. The van der Waals surface area contributed by atoms with Gasteiger partial charge in [-0.2, -0.15) is 0 Å². The van der Waals surface area contributed by atoms with Gasteiger partial charge in [-0.1, -0.05) is 6.92 Å². The molecule has 2 atom stereocenters. The van der Waals surface area contributed by atoms with Gasteiger partial charge in [-0.05, 0) is 71.4 Å². The van der Waals surface area contributed by atoms with E-state index in [1.807, 2.05) is 4.90 Å². The Labute approximate surface area is 213 Å². The fourth-order valence-electron chi connectivity index (χ4n) is 5.23. The first-order valence-electron chi connectivity index (χ1n) is 12.9. The summed E-state index contributed by atoms with van der Waals surface area (Å²) in [6.45, 7) is 17.8. The van der Waals surface area contributed by atoms with Gasteiger partial charge in [0.1, 0.15) is 0 Å². The lowest BCUT2D eigenvalue weighted by Crippen LogP contribution is -2.57. The highest BCUT2D eigenvalue weighted by atomic mass is 127. The number of rotatable bonds is 8. The number of likely N-dealkylation sites (tertiary alicyclic amines) is 2. The zero-order chi connectivity index (χ0) is 22.1. The fraction of sp³-hybridized carbons (Fsp3) is 0.917. The molecule has 3 saturated heterocycles. The van der Waals surface area contributed by atoms with Crippen molar-refractivity contribution in [1.29, 1.82) is 0 Å². The predicted octanol–water partition coefficient (Wildman–Crippen LogP) is 2.71. The molecular formula is C24H47IN6O. The summed E-state index contributed by atoms with van der Waals surface area (Å²) in [5, 5.41) is 3.48. The largest absolute Gasteiger partial charge is 0.357 e. The number of carbonyl (C=O) groups excluding carboxylic acids is 1. The number of halogens is 1. The second-order valence-corrected chi connectivity index (χ2v) is 9.72. The third kappa shape index (κ3) is 8.31. The van der Waals surface area contributed by atoms with E-state index >= 15 is 0 Å². The number of guanidine groups is 1. The van der Waals surface area contributed by atoms with Crippen LogP contribution >= 0.6 is 24.0 Å². The van der Waals surface area contributed by atoms with E-state index in [4.69, 9.17) is 4.99 Å². The van der Waals surface area contributed by atoms with E-state index in [1.54, 1.807) is 0 Å². The zero-order valence-corrected chi connectivity index (χ0v) is 23.1. The Morgan fingerprint density at radius 2 is 1.72 bits per heavy atom. The molecule has 3 aliphatic heterocycles. The second-order valence-electron chi connectivity index (χ2n) is 9.72. The lowest BCUT2D eigenvalue weighted by atomic mass is 10.0. The molecule has 3 fully saturated rings. The molecule has 0 aromatic heterocycles. The molecule has 186 valence electrons. The lowest BCUT2D eigenvalue weighted by Gasteiger charge is -2.39. The molecule has 0 bridgehead atoms. The topological polar surface area (TPSA) is 54.4 Å². The van der Waals surface area contributed by atoms with Crippen LogP contribution in [-0.4, -0.2) is 110 Å². The molecular weight excluding hydrogens is 515 g/mol. The molecule has 3 heterocycles. The maximum Gasteiger partial charge on any atom is 0.239 e. The van der Waals surface area contributed by atoms with Crippen molar-refractivity contribution in [2.45, 2.75) is 65.3 Å². The van der Waals surface area contributed by atoms with Crippen LogP contribution in [0.15, 0.2) is 4.99 Å². The van der Waals surface area contributed by atoms with Crippen LogP contribution in [0.1, 0.15) is 59.3 Å². The number of amides is 1. The van der Waals surface area contributed by atoms with Crippen molar-refractivity contribution < 1.29 is 4.79 Å². The molecule has 32 heavy (non-hydrogen) atoms. The van der Waals surface area contributed by atoms with Crippen LogP contribution in [0.4, 0.5) is 0 Å². The minimum Gasteiger partial charge on any atom is -0.357 e. The first-order chi connectivity index (χ1) is 15.1. The Hall–Kier alpha value is -0.610. The first-order valence-corrected chi connectivity index (χ1v) is 12.9. The third-order valence-electron chi connectivity index (χ3n) is 7.16. The molecule has 8 heteroatoms. The number of hydrogen-bond donors (Lipinski definition) is 1. The van der Waals surface area contributed by atoms with Gasteiger partial charge >= 0.3 is 0 Å². The number of nitrogens with zero attached hydrogens (tertiary/aromatic N) is 5. The average molecular weight is 563 g/mol. The standard InChI is InChI=1S/C24H46N6O.HI/c1-4-25-24(26-11-5-6-12-27-13-9-10-21(2)20-27)30-18-16-28(17-19-30)22(3)23(31)29-14-7-8-15-29;/h21-22H,4-20H2,1-3H3,(H,25,26);1H. The first kappa shape index (κ1) is 27.6. The van der Waals surface area contributed by atoms with Gasteiger partial charge in [-0.15, -0.1) is 24.0 Å². The van der Waals surface area contributed by atoms with Crippen molar-refractivity contribution in [2.24, 2.45) is 10.9 Å². The summed E-state index contributed by atoms with van der Waals surface area (Å²) >= 11 is 0. The van der Waals surface area contributed by atoms with E-state index in [2.05, 4.69) is 40.8 Å². The summed E-state index contributed by atoms with van der Waals surface area (Å²) in [5.41, 5.74) is 0. The molecule has 0 radical (unpaired) electrons. The van der Waals surface area contributed by atoms with Gasteiger partial charge in [0, 0.05) is 58.9 Å². The van der Waals surface area contributed by atoms with Crippen molar-refractivity contribution >= 4 is 35.8 Å². The molecule has 3 rings (SSSR count). The van der Waals surface area contributed by atoms with E-state index in [9.17, 15) is 4.79 Å². The number of carbonyl (C=O) groups is 1. The maximum atomic E-state index is 12.7. The zero-order valence-electron chi connectivity index (χ0n) is 20.7. The summed E-state index contributed by atoms with van der Waals surface area (Å²) in [7, 11) is 0. The van der Waals surface area contributed by atoms with E-state index in [1.165, 1.54) is 38.9 Å². The highest BCUT2D eigenvalue weighted by Gasteiger charge is 2.30. The molecule has 0 aromatic rings. The Balaban J connectivity index is 0.00000363. The Morgan fingerprint density at radius 1 is 1.00 bits per heavy atom. The third-order valence-corrected chi connectivity index (χ3v) is 7.16. The van der Waals surface area contributed by atoms with Crippen molar-refractivity contribution in [3.63, 3.8) is 0 Å². The van der Waals surface area contributed by atoms with Crippen molar-refractivity contribution in [3.8, 4) is 0 Å². The number of hydrogen-bond acceptors (Lipinski definition) is 4. The number of aliphatic imine (C=N–C) groups is 1. The van der Waals surface area contributed by atoms with Gasteiger partial charge in [0.25, 0.3) is 0 Å². The van der Waals surface area contributed by atoms with Gasteiger partial charge in [-0.3, -0.25) is 14.7 Å². The van der Waals surface area contributed by atoms with Crippen molar-refractivity contribution in [2.75, 3.05) is 72.0 Å². The highest BCUT2D eigenvalue weighted by molar-refractivity contribution is 14.0. The summed E-state index contributed by atoms with van der Waals surface area (Å²) in [5.74, 6) is 2.22. The SMILES string of the molecule is CCNC(=NCCCCN1CCCC(C)C1)N1CCN(C(C)C(=O)N2CCCC2)CC1.I. The number of unbranched alkanes of at least 4 members (excludes halogenated alkanes) is 1. The molecule has 0 aliphatic carbocycles. The van der Waals surface area contributed by atoms with E-state index in [0.29, 0.717) is 5.91 Å². The fourth-order valence-corrected chi connectivity index (χ4v) is 5.23. The van der Waals surface area contributed by atoms with Gasteiger partial charge in [-0.25, -0.2) is 0 Å². The van der Waals surface area contributed by atoms with E-state index in [-0.39, 0.29) is 30.0 Å². The molecule has 0 saturated carbocycles. The summed E-state index contributed by atoms with van der Waals surface area (Å²) < 4.78 is 0. The van der Waals surface area contributed by atoms with Crippen molar-refractivity contribution in [1.82, 2.24) is 24.9 Å². The normalized spacial score (nSPS) is 24.3. The van der Waals surface area contributed by atoms with Crippen LogP contribution < -0.4 is 5.32 Å². The number of piperazine rings is 1. The predicted molar refractivity (Wildman–Crippen MR) is 144 cm³/mol. The van der Waals surface area contributed by atoms with Crippen LogP contribution in [0.3, 0.4) is 0 Å². The van der Waals surface area contributed by atoms with E-state index in [0.717, 1.165) is 83.5 Å². The van der Waals surface area contributed by atoms with Gasteiger partial charge in [0.2, 0.25) is 5.91 Å². The van der Waals surface area contributed by atoms with Crippen LogP contribution in [0.25, 0.3) is 0 Å². The van der Waals surface area contributed by atoms with Crippen molar-refractivity contribution in [3.05, 3.63) is 0 Å². The number of piperidine rings is 1. The Kier molecular flexibility index (Phi) is 12.6. The molecule has 2 unspecified atom stereocenters. The number of nitrogens with one attached hydrogen (secondary N) is 1. The molecule has 0 spiro atoms. The Bertz CT molecular complexity index is 575. The van der Waals surface area contributed by atoms with Gasteiger partial charge in [0.15, 0.2) is 5.96 Å². The minimum atomic E-state index is -0.00252. The maximum absolute atomic E-state index is 12.7. The second kappa shape index (κ2) is 14.6. The highest BCUT2D eigenvalue weighted by Crippen LogP contribution is 2.16. The molecule has 0 aromatic carbocycles. The van der Waals surface area contributed by atoms with Crippen LogP contribution in [-0.2, 0) is 4.79 Å². The quantitative estimate of drug-likeness (QED) is 0.214. The summed E-state index contributed by atoms with van der Waals surface area (Å²) in [6.07, 6.45) is 7.46. The summed E-state index contributed by atoms with van der Waals surface area (Å²) in [4.78, 5) is 27.1. The molecule has 3 aliphatic rings. The van der Waals surface area contributed by atoms with Gasteiger partial charge < -0.3 is 20.0 Å². The van der Waals surface area contributed by atoms with Crippen LogP contribution in [0.5, 0.6) is 0 Å². The molecule has 1 amide bonds. The minimum absolute atomic E-state index is 0. The lowest BCUT2D eigenvalue weighted by molar-refractivity contribution is -0.135.